The van der Waals surface area contributed by atoms with Crippen molar-refractivity contribution in [1.82, 2.24) is 5.32 Å². The van der Waals surface area contributed by atoms with Gasteiger partial charge < -0.3 is 14.8 Å². The van der Waals surface area contributed by atoms with Crippen LogP contribution < -0.4 is 19.1 Å². The number of methoxy groups -OCH3 is 2. The fraction of sp³-hybridized carbons (Fsp3) is 0.348. The Labute approximate surface area is 183 Å². The van der Waals surface area contributed by atoms with E-state index >= 15 is 0 Å². The second-order valence-corrected chi connectivity index (χ2v) is 9.60. The summed E-state index contributed by atoms with van der Waals surface area (Å²) in [4.78, 5) is 12.9. The number of fused-ring (bicyclic) bond motifs is 1. The zero-order chi connectivity index (χ0) is 23.1. The van der Waals surface area contributed by atoms with E-state index in [0.717, 1.165) is 21.0 Å². The summed E-state index contributed by atoms with van der Waals surface area (Å²) in [6, 6.07) is 8.84. The molecule has 0 fully saturated rings. The van der Waals surface area contributed by atoms with Crippen LogP contribution in [0.1, 0.15) is 42.1 Å². The summed E-state index contributed by atoms with van der Waals surface area (Å²) in [6.07, 6.45) is 0. The van der Waals surface area contributed by atoms with Gasteiger partial charge in [-0.1, -0.05) is 18.2 Å². The standard InChI is InChI=1S/C23H28N2O5S/c1-13-8-9-17(10-14(13)2)16(4)24-23(26)22-15(3)18-11-20(29-6)21(30-7)12-19(18)25(5)31(22,27)28/h8-12,16H,1-7H3,(H,24,26)/t16-/m1/s1. The van der Waals surface area contributed by atoms with Crippen molar-refractivity contribution in [2.75, 3.05) is 25.6 Å². The van der Waals surface area contributed by atoms with Crippen LogP contribution in [0.25, 0.3) is 5.57 Å². The third kappa shape index (κ3) is 3.87. The monoisotopic (exact) mass is 444 g/mol. The molecule has 2 aromatic rings. The topological polar surface area (TPSA) is 84.9 Å². The molecule has 7 nitrogen and oxygen atoms in total. The second-order valence-electron chi connectivity index (χ2n) is 7.69. The number of rotatable bonds is 5. The maximum atomic E-state index is 13.2. The number of allylic oxidation sites excluding steroid dienone is 1. The largest absolute Gasteiger partial charge is 0.493 e. The van der Waals surface area contributed by atoms with Crippen LogP contribution >= 0.6 is 0 Å². The summed E-state index contributed by atoms with van der Waals surface area (Å²) in [5, 5.41) is 2.84. The molecule has 0 radical (unpaired) electrons. The maximum absolute atomic E-state index is 13.2. The number of benzene rings is 2. The van der Waals surface area contributed by atoms with Gasteiger partial charge in [-0.3, -0.25) is 9.10 Å². The molecule has 0 unspecified atom stereocenters. The van der Waals surface area contributed by atoms with Gasteiger partial charge in [0.05, 0.1) is 25.9 Å². The lowest BCUT2D eigenvalue weighted by Crippen LogP contribution is -2.39. The van der Waals surface area contributed by atoms with Gasteiger partial charge in [-0.15, -0.1) is 0 Å². The van der Waals surface area contributed by atoms with Crippen LogP contribution in [-0.2, 0) is 14.8 Å². The molecule has 166 valence electrons. The first-order chi connectivity index (χ1) is 14.5. The molecule has 0 aromatic heterocycles. The van der Waals surface area contributed by atoms with Gasteiger partial charge in [0.15, 0.2) is 16.4 Å². The molecule has 1 atom stereocenters. The van der Waals surface area contributed by atoms with Crippen molar-refractivity contribution >= 4 is 27.2 Å². The van der Waals surface area contributed by atoms with E-state index in [1.807, 2.05) is 39.0 Å². The Morgan fingerprint density at radius 2 is 1.61 bits per heavy atom. The third-order valence-electron chi connectivity index (χ3n) is 5.79. The van der Waals surface area contributed by atoms with E-state index < -0.39 is 15.9 Å². The number of nitrogens with zero attached hydrogens (tertiary/aromatic N) is 1. The third-order valence-corrected chi connectivity index (χ3v) is 7.71. The molecule has 8 heteroatoms. The van der Waals surface area contributed by atoms with Gasteiger partial charge in [-0.25, -0.2) is 8.42 Å². The van der Waals surface area contributed by atoms with Crippen molar-refractivity contribution < 1.29 is 22.7 Å². The van der Waals surface area contributed by atoms with Crippen LogP contribution in [0, 0.1) is 13.8 Å². The van der Waals surface area contributed by atoms with E-state index in [1.54, 1.807) is 19.1 Å². The van der Waals surface area contributed by atoms with E-state index in [4.69, 9.17) is 9.47 Å². The summed E-state index contributed by atoms with van der Waals surface area (Å²) < 4.78 is 38.2. The Morgan fingerprint density at radius 3 is 2.19 bits per heavy atom. The molecular formula is C23H28N2O5S. The van der Waals surface area contributed by atoms with E-state index in [2.05, 4.69) is 5.32 Å². The summed E-state index contributed by atoms with van der Waals surface area (Å²) in [5.74, 6) is 0.222. The van der Waals surface area contributed by atoms with Crippen molar-refractivity contribution in [3.8, 4) is 11.5 Å². The van der Waals surface area contributed by atoms with Gasteiger partial charge >= 0.3 is 0 Å². The number of aryl methyl sites for hydroxylation is 2. The summed E-state index contributed by atoms with van der Waals surface area (Å²) in [7, 11) is 0.365. The van der Waals surface area contributed by atoms with Crippen LogP contribution in [-0.4, -0.2) is 35.6 Å². The van der Waals surface area contributed by atoms with E-state index in [1.165, 1.54) is 21.3 Å². The zero-order valence-electron chi connectivity index (χ0n) is 18.9. The smallest absolute Gasteiger partial charge is 0.269 e. The number of ether oxygens (including phenoxy) is 2. The molecule has 1 aliphatic rings. The van der Waals surface area contributed by atoms with Crippen molar-refractivity contribution in [2.45, 2.75) is 33.7 Å². The molecule has 1 amide bonds. The molecule has 31 heavy (non-hydrogen) atoms. The highest BCUT2D eigenvalue weighted by atomic mass is 32.2. The van der Waals surface area contributed by atoms with Crippen molar-refractivity contribution in [3.05, 3.63) is 57.5 Å². The molecule has 0 spiro atoms. The minimum atomic E-state index is -4.05. The van der Waals surface area contributed by atoms with Crippen molar-refractivity contribution in [2.24, 2.45) is 0 Å². The Bertz CT molecular complexity index is 1180. The van der Waals surface area contributed by atoms with Gasteiger partial charge in [-0.2, -0.15) is 0 Å². The number of hydrogen-bond acceptors (Lipinski definition) is 5. The molecule has 1 heterocycles. The average Bonchev–Trinajstić information content (AvgIpc) is 2.72. The van der Waals surface area contributed by atoms with E-state index in [0.29, 0.717) is 28.3 Å². The van der Waals surface area contributed by atoms with Crippen LogP contribution in [0.5, 0.6) is 11.5 Å². The van der Waals surface area contributed by atoms with Gasteiger partial charge in [0.1, 0.15) is 0 Å². The average molecular weight is 445 g/mol. The van der Waals surface area contributed by atoms with Crippen LogP contribution in [0.15, 0.2) is 35.2 Å². The minimum Gasteiger partial charge on any atom is -0.493 e. The first kappa shape index (κ1) is 22.7. The number of carbonyl (C=O) groups excluding carboxylic acids is 1. The number of nitrogens with one attached hydrogen (secondary N) is 1. The normalized spacial score (nSPS) is 15.9. The number of hydrogen-bond donors (Lipinski definition) is 1. The second kappa shape index (κ2) is 8.26. The molecule has 3 rings (SSSR count). The first-order valence-electron chi connectivity index (χ1n) is 9.87. The highest BCUT2D eigenvalue weighted by Crippen LogP contribution is 2.44. The lowest BCUT2D eigenvalue weighted by atomic mass is 10.0. The molecule has 1 aliphatic heterocycles. The predicted octanol–water partition coefficient (Wildman–Crippen LogP) is 3.71. The van der Waals surface area contributed by atoms with Crippen LogP contribution in [0.3, 0.4) is 0 Å². The number of anilines is 1. The first-order valence-corrected chi connectivity index (χ1v) is 11.3. The molecular weight excluding hydrogens is 416 g/mol. The molecule has 0 aliphatic carbocycles. The Balaban J connectivity index is 2.06. The fourth-order valence-electron chi connectivity index (χ4n) is 3.68. The van der Waals surface area contributed by atoms with Crippen molar-refractivity contribution in [3.63, 3.8) is 0 Å². The van der Waals surface area contributed by atoms with Gasteiger partial charge in [0.2, 0.25) is 0 Å². The fourth-order valence-corrected chi connectivity index (χ4v) is 5.15. The zero-order valence-corrected chi connectivity index (χ0v) is 19.7. The van der Waals surface area contributed by atoms with Gasteiger partial charge in [-0.05, 0) is 56.0 Å². The predicted molar refractivity (Wildman–Crippen MR) is 122 cm³/mol. The Hall–Kier alpha value is -3.00. The molecule has 0 saturated carbocycles. The summed E-state index contributed by atoms with van der Waals surface area (Å²) in [5.41, 5.74) is 4.54. The SMILES string of the molecule is COc1cc2c(cc1OC)N(C)S(=O)(=O)C(C(=O)N[C@H](C)c1ccc(C)c(C)c1)=C2C. The number of sulfonamides is 1. The highest BCUT2D eigenvalue weighted by molar-refractivity contribution is 7.97. The van der Waals surface area contributed by atoms with Gasteiger partial charge in [0, 0.05) is 18.7 Å². The quantitative estimate of drug-likeness (QED) is 0.760. The Kier molecular flexibility index (Phi) is 6.04. The van der Waals surface area contributed by atoms with E-state index in [-0.39, 0.29) is 10.9 Å². The maximum Gasteiger partial charge on any atom is 0.269 e. The van der Waals surface area contributed by atoms with Crippen molar-refractivity contribution in [1.29, 1.82) is 0 Å². The number of amides is 1. The summed E-state index contributed by atoms with van der Waals surface area (Å²) >= 11 is 0. The van der Waals surface area contributed by atoms with Gasteiger partial charge in [0.25, 0.3) is 15.9 Å². The molecule has 0 bridgehead atoms. The minimum absolute atomic E-state index is 0.273. The Morgan fingerprint density at radius 1 is 1.00 bits per heavy atom. The molecule has 0 saturated heterocycles. The number of carbonyl (C=O) groups is 1. The summed E-state index contributed by atoms with van der Waals surface area (Å²) in [6.45, 7) is 7.48. The molecule has 2 aromatic carbocycles. The lowest BCUT2D eigenvalue weighted by molar-refractivity contribution is -0.117. The van der Waals surface area contributed by atoms with E-state index in [9.17, 15) is 13.2 Å². The highest BCUT2D eigenvalue weighted by Gasteiger charge is 2.38. The molecule has 1 N–H and O–H groups in total. The van der Waals surface area contributed by atoms with Crippen LogP contribution in [0.2, 0.25) is 0 Å². The lowest BCUT2D eigenvalue weighted by Gasteiger charge is -2.31. The van der Waals surface area contributed by atoms with Crippen LogP contribution in [0.4, 0.5) is 5.69 Å².